The number of aromatic nitrogens is 2. The van der Waals surface area contributed by atoms with Crippen LogP contribution in [0.25, 0.3) is 0 Å². The fraction of sp³-hybridized carbons (Fsp3) is 0.474. The van der Waals surface area contributed by atoms with E-state index in [1.165, 1.54) is 0 Å². The summed E-state index contributed by atoms with van der Waals surface area (Å²) in [6.45, 7) is 4.68. The number of amides is 1. The molecule has 0 radical (unpaired) electrons. The Morgan fingerprint density at radius 1 is 1.37 bits per heavy atom. The van der Waals surface area contributed by atoms with Crippen LogP contribution in [-0.4, -0.2) is 42.4 Å². The van der Waals surface area contributed by atoms with E-state index in [4.69, 9.17) is 0 Å². The summed E-state index contributed by atoms with van der Waals surface area (Å²) in [4.78, 5) is 12.8. The van der Waals surface area contributed by atoms with Crippen molar-refractivity contribution in [3.63, 3.8) is 0 Å². The molecule has 146 valence electrons. The van der Waals surface area contributed by atoms with Crippen molar-refractivity contribution in [2.75, 3.05) is 18.4 Å². The summed E-state index contributed by atoms with van der Waals surface area (Å²) in [5, 5.41) is 9.99. The van der Waals surface area contributed by atoms with Crippen LogP contribution in [0.5, 0.6) is 0 Å². The molecule has 2 N–H and O–H groups in total. The number of anilines is 1. The highest BCUT2D eigenvalue weighted by Crippen LogP contribution is 2.29. The molecule has 2 aromatic rings. The van der Waals surface area contributed by atoms with E-state index >= 15 is 0 Å². The number of sulfone groups is 1. The topological polar surface area (TPSA) is 93.1 Å². The normalized spacial score (nSPS) is 20.1. The maximum atomic E-state index is 12.8. The van der Waals surface area contributed by atoms with Crippen LogP contribution >= 0.6 is 0 Å². The van der Waals surface area contributed by atoms with Gasteiger partial charge >= 0.3 is 0 Å². The van der Waals surface area contributed by atoms with E-state index in [-0.39, 0.29) is 23.5 Å². The largest absolute Gasteiger partial charge is 0.326 e. The van der Waals surface area contributed by atoms with Crippen molar-refractivity contribution < 1.29 is 13.2 Å². The lowest BCUT2D eigenvalue weighted by atomic mass is 9.90. The Morgan fingerprint density at radius 2 is 2.15 bits per heavy atom. The number of nitrogens with zero attached hydrogens (tertiary/aromatic N) is 2. The van der Waals surface area contributed by atoms with Gasteiger partial charge in [-0.25, -0.2) is 8.42 Å². The second-order valence-corrected chi connectivity index (χ2v) is 9.92. The van der Waals surface area contributed by atoms with Gasteiger partial charge in [0.15, 0.2) is 9.84 Å². The maximum Gasteiger partial charge on any atom is 0.229 e. The van der Waals surface area contributed by atoms with E-state index in [0.29, 0.717) is 17.8 Å². The quantitative estimate of drug-likeness (QED) is 0.783. The van der Waals surface area contributed by atoms with Crippen LogP contribution in [-0.2, 0) is 27.4 Å². The Kier molecular flexibility index (Phi) is 5.67. The second-order valence-electron chi connectivity index (χ2n) is 7.36. The van der Waals surface area contributed by atoms with Crippen LogP contribution in [0.15, 0.2) is 36.7 Å². The van der Waals surface area contributed by atoms with Crippen molar-refractivity contribution in [3.05, 3.63) is 47.8 Å². The predicted molar refractivity (Wildman–Crippen MR) is 105 cm³/mol. The van der Waals surface area contributed by atoms with Gasteiger partial charge in [-0.1, -0.05) is 12.1 Å². The Morgan fingerprint density at radius 3 is 2.81 bits per heavy atom. The summed E-state index contributed by atoms with van der Waals surface area (Å²) in [6, 6.07) is 7.06. The number of rotatable bonds is 6. The fourth-order valence-corrected chi connectivity index (χ4v) is 4.29. The lowest BCUT2D eigenvalue weighted by molar-refractivity contribution is -0.119. The number of hydrogen-bond donors (Lipinski definition) is 2. The zero-order valence-corrected chi connectivity index (χ0v) is 16.7. The van der Waals surface area contributed by atoms with E-state index in [2.05, 4.69) is 15.7 Å². The van der Waals surface area contributed by atoms with Crippen molar-refractivity contribution in [3.8, 4) is 0 Å². The van der Waals surface area contributed by atoms with Gasteiger partial charge in [0.25, 0.3) is 0 Å². The van der Waals surface area contributed by atoms with Crippen LogP contribution in [0.2, 0.25) is 0 Å². The van der Waals surface area contributed by atoms with E-state index < -0.39 is 15.1 Å². The first-order valence-electron chi connectivity index (χ1n) is 9.07. The van der Waals surface area contributed by atoms with Gasteiger partial charge in [0.2, 0.25) is 5.91 Å². The zero-order chi connectivity index (χ0) is 19.6. The average Bonchev–Trinajstić information content (AvgIpc) is 3.23. The molecule has 3 rings (SSSR count). The molecule has 8 heteroatoms. The molecule has 0 aliphatic carbocycles. The third kappa shape index (κ3) is 4.56. The molecule has 2 heterocycles. The second kappa shape index (κ2) is 7.82. The van der Waals surface area contributed by atoms with Crippen LogP contribution in [0.3, 0.4) is 0 Å². The van der Waals surface area contributed by atoms with E-state index in [9.17, 15) is 13.2 Å². The summed E-state index contributed by atoms with van der Waals surface area (Å²) in [5.74, 6) is -0.226. The lowest BCUT2D eigenvalue weighted by Crippen LogP contribution is -2.28. The number of benzene rings is 1. The van der Waals surface area contributed by atoms with Gasteiger partial charge in [0.05, 0.1) is 23.1 Å². The first-order chi connectivity index (χ1) is 12.8. The molecule has 7 nitrogen and oxygen atoms in total. The molecular formula is C19H26N4O3S. The molecule has 1 amide bonds. The fourth-order valence-electron chi connectivity index (χ4n) is 3.31. The molecular weight excluding hydrogens is 364 g/mol. The van der Waals surface area contributed by atoms with Crippen molar-refractivity contribution in [2.45, 2.75) is 30.8 Å². The standard InChI is InChI=1S/C19H26N4O3S/c1-13(2)27(25,26)12-14-5-4-6-16(7-14)22-19(24)18-10-20-9-17(18)15-8-21-23(3)11-15/h4-8,11,13,17-18,20H,9-10,12H2,1-3H3,(H,22,24)/t17-,18+/m1/s1. The Balaban J connectivity index is 1.71. The Bertz CT molecular complexity index is 921. The van der Waals surface area contributed by atoms with Crippen molar-refractivity contribution in [1.29, 1.82) is 0 Å². The van der Waals surface area contributed by atoms with Gasteiger partial charge < -0.3 is 10.6 Å². The molecule has 2 atom stereocenters. The number of carbonyl (C=O) groups excluding carboxylic acids is 1. The number of aryl methyl sites for hydroxylation is 1. The highest BCUT2D eigenvalue weighted by molar-refractivity contribution is 7.91. The molecule has 0 bridgehead atoms. The smallest absolute Gasteiger partial charge is 0.229 e. The first-order valence-corrected chi connectivity index (χ1v) is 10.8. The average molecular weight is 391 g/mol. The zero-order valence-electron chi connectivity index (χ0n) is 15.8. The summed E-state index contributed by atoms with van der Waals surface area (Å²) in [5.41, 5.74) is 2.34. The van der Waals surface area contributed by atoms with Gasteiger partial charge in [0.1, 0.15) is 0 Å². The molecule has 1 aliphatic heterocycles. The molecule has 0 saturated carbocycles. The maximum absolute atomic E-state index is 12.8. The third-order valence-corrected chi connectivity index (χ3v) is 7.16. The molecule has 1 aliphatic rings. The van der Waals surface area contributed by atoms with Gasteiger partial charge in [0, 0.05) is 37.9 Å². The minimum absolute atomic E-state index is 0.0301. The van der Waals surface area contributed by atoms with Gasteiger partial charge in [-0.15, -0.1) is 0 Å². The highest BCUT2D eigenvalue weighted by atomic mass is 32.2. The van der Waals surface area contributed by atoms with Crippen molar-refractivity contribution >= 4 is 21.4 Å². The predicted octanol–water partition coefficient (Wildman–Crippen LogP) is 1.68. The van der Waals surface area contributed by atoms with Gasteiger partial charge in [-0.2, -0.15) is 5.10 Å². The van der Waals surface area contributed by atoms with Crippen LogP contribution in [0.1, 0.15) is 30.9 Å². The van der Waals surface area contributed by atoms with Crippen molar-refractivity contribution in [2.24, 2.45) is 13.0 Å². The summed E-state index contributed by atoms with van der Waals surface area (Å²) in [7, 11) is -1.33. The summed E-state index contributed by atoms with van der Waals surface area (Å²) in [6.07, 6.45) is 3.74. The molecule has 1 aromatic carbocycles. The lowest BCUT2D eigenvalue weighted by Gasteiger charge is -2.17. The molecule has 1 aromatic heterocycles. The number of nitrogens with one attached hydrogen (secondary N) is 2. The monoisotopic (exact) mass is 390 g/mol. The highest BCUT2D eigenvalue weighted by Gasteiger charge is 2.34. The molecule has 1 fully saturated rings. The van der Waals surface area contributed by atoms with Gasteiger partial charge in [-0.05, 0) is 37.1 Å². The van der Waals surface area contributed by atoms with E-state index in [0.717, 1.165) is 12.1 Å². The minimum Gasteiger partial charge on any atom is -0.326 e. The Hall–Kier alpha value is -2.19. The SMILES string of the molecule is CC(C)S(=O)(=O)Cc1cccc(NC(=O)[C@H]2CNC[C@@H]2c2cnn(C)c2)c1. The molecule has 27 heavy (non-hydrogen) atoms. The molecule has 0 unspecified atom stereocenters. The first kappa shape index (κ1) is 19.6. The Labute approximate surface area is 160 Å². The van der Waals surface area contributed by atoms with Gasteiger partial charge in [-0.3, -0.25) is 9.48 Å². The molecule has 1 saturated heterocycles. The van der Waals surface area contributed by atoms with E-state index in [1.807, 2.05) is 13.2 Å². The summed E-state index contributed by atoms with van der Waals surface area (Å²) >= 11 is 0. The summed E-state index contributed by atoms with van der Waals surface area (Å²) < 4.78 is 26.0. The molecule has 0 spiro atoms. The van der Waals surface area contributed by atoms with Crippen LogP contribution in [0.4, 0.5) is 5.69 Å². The van der Waals surface area contributed by atoms with E-state index in [1.54, 1.807) is 49.0 Å². The van der Waals surface area contributed by atoms with Crippen molar-refractivity contribution in [1.82, 2.24) is 15.1 Å². The minimum atomic E-state index is -3.19. The van der Waals surface area contributed by atoms with Crippen LogP contribution in [0, 0.1) is 5.92 Å². The number of hydrogen-bond acceptors (Lipinski definition) is 5. The van der Waals surface area contributed by atoms with Crippen LogP contribution < -0.4 is 10.6 Å². The number of carbonyl (C=O) groups is 1. The third-order valence-electron chi connectivity index (χ3n) is 4.98.